The van der Waals surface area contributed by atoms with Gasteiger partial charge in [0.2, 0.25) is 29.5 Å². The van der Waals surface area contributed by atoms with E-state index in [1.54, 1.807) is 6.08 Å². The number of hydrogen-bond acceptors (Lipinski definition) is 14. The predicted octanol–water partition coefficient (Wildman–Crippen LogP) is 6.46. The molecule has 1 atom stereocenters. The Kier molecular flexibility index (Phi) is 7.16. The molecule has 0 radical (unpaired) electrons. The van der Waals surface area contributed by atoms with E-state index in [0.29, 0.717) is 64.7 Å². The molecule has 224 valence electrons. The van der Waals surface area contributed by atoms with Gasteiger partial charge in [-0.3, -0.25) is 4.84 Å². The largest absolute Gasteiger partial charge is 0.448 e. The summed E-state index contributed by atoms with van der Waals surface area (Å²) in [5.74, 6) is 1.92. The summed E-state index contributed by atoms with van der Waals surface area (Å²) in [5.41, 5.74) is 6.89. The number of nitrogens with zero attached hydrogens (tertiary/aromatic N) is 6. The fourth-order valence-corrected chi connectivity index (χ4v) is 4.89. The highest BCUT2D eigenvalue weighted by Gasteiger charge is 2.23. The first-order valence-corrected chi connectivity index (χ1v) is 14.7. The third-order valence-electron chi connectivity index (χ3n) is 6.71. The van der Waals surface area contributed by atoms with Gasteiger partial charge in [-0.2, -0.15) is 5.48 Å². The monoisotopic (exact) mass is 717 g/mol. The van der Waals surface area contributed by atoms with E-state index < -0.39 is 6.04 Å². The van der Waals surface area contributed by atoms with E-state index in [-0.39, 0.29) is 24.3 Å². The molecule has 7 aromatic rings. The molecule has 0 amide bonds. The highest BCUT2D eigenvalue weighted by atomic mass is 127. The van der Waals surface area contributed by atoms with Crippen molar-refractivity contribution in [3.05, 3.63) is 100 Å². The summed E-state index contributed by atoms with van der Waals surface area (Å²) >= 11 is 2.27. The van der Waals surface area contributed by atoms with Gasteiger partial charge < -0.3 is 26.5 Å². The van der Waals surface area contributed by atoms with E-state index in [1.807, 2.05) is 30.3 Å². The number of aromatic nitrogens is 6. The molecule has 8 rings (SSSR count). The molecular weight excluding hydrogens is 697 g/mol. The van der Waals surface area contributed by atoms with E-state index in [1.165, 1.54) is 37.6 Å². The molecule has 7 heterocycles. The van der Waals surface area contributed by atoms with Crippen molar-refractivity contribution in [1.82, 2.24) is 35.4 Å². The quantitative estimate of drug-likeness (QED) is 0.193. The number of halogens is 1. The van der Waals surface area contributed by atoms with Crippen LogP contribution in [0.25, 0.3) is 52.4 Å². The number of rotatable bonds is 2. The van der Waals surface area contributed by atoms with Gasteiger partial charge in [0.15, 0.2) is 28.7 Å². The molecule has 1 aromatic carbocycles. The van der Waals surface area contributed by atoms with Crippen LogP contribution in [0, 0.1) is 3.57 Å². The number of hydroxylamine groups is 1. The zero-order valence-electron chi connectivity index (χ0n) is 23.0. The van der Waals surface area contributed by atoms with Crippen LogP contribution >= 0.6 is 22.6 Å². The second-order valence-electron chi connectivity index (χ2n) is 9.89. The Balaban J connectivity index is 1.12. The van der Waals surface area contributed by atoms with E-state index in [0.717, 1.165) is 9.13 Å². The number of hydrogen-bond donors (Lipinski definition) is 1. The summed E-state index contributed by atoms with van der Waals surface area (Å²) in [6.45, 7) is 0.0896. The highest BCUT2D eigenvalue weighted by Crippen LogP contribution is 2.28. The van der Waals surface area contributed by atoms with Crippen LogP contribution < -0.4 is 5.48 Å². The molecule has 1 aliphatic rings. The first-order valence-electron chi connectivity index (χ1n) is 13.6. The number of allylic oxidation sites excluding steroid dienone is 1. The number of benzene rings is 1. The summed E-state index contributed by atoms with van der Waals surface area (Å²) in [6.07, 6.45) is 13.4. The molecule has 6 aromatic heterocycles. The van der Waals surface area contributed by atoms with E-state index in [4.69, 9.17) is 31.3 Å². The molecule has 1 N–H and O–H groups in total. The van der Waals surface area contributed by atoms with E-state index in [9.17, 15) is 0 Å². The molecule has 0 saturated carbocycles. The average molecular weight is 717 g/mol. The zero-order valence-corrected chi connectivity index (χ0v) is 25.2. The topological polar surface area (TPSA) is 177 Å². The Hall–Kier alpha value is -5.13. The smallest absolute Gasteiger partial charge is 0.249 e. The van der Waals surface area contributed by atoms with Crippen LogP contribution in [0.1, 0.15) is 34.8 Å². The van der Waals surface area contributed by atoms with Gasteiger partial charge >= 0.3 is 0 Å². The average Bonchev–Trinajstić information content (AvgIpc) is 3.88. The van der Waals surface area contributed by atoms with Gasteiger partial charge in [-0.15, -0.1) is 0 Å². The maximum absolute atomic E-state index is 5.87. The Morgan fingerprint density at radius 1 is 0.667 bits per heavy atom. The minimum atomic E-state index is -0.458. The number of fused-ring (bicyclic) bond motifs is 16. The summed E-state index contributed by atoms with van der Waals surface area (Å²) < 4.78 is 35.1. The van der Waals surface area contributed by atoms with Crippen molar-refractivity contribution in [1.29, 1.82) is 0 Å². The molecule has 12 bridgehead atoms. The second kappa shape index (κ2) is 11.8. The van der Waals surface area contributed by atoms with Crippen LogP contribution in [0.3, 0.4) is 0 Å². The van der Waals surface area contributed by atoms with Gasteiger partial charge in [-0.05, 0) is 52.8 Å². The van der Waals surface area contributed by atoms with Gasteiger partial charge in [0.05, 0.1) is 0 Å². The lowest BCUT2D eigenvalue weighted by atomic mass is 10.1. The van der Waals surface area contributed by atoms with Crippen molar-refractivity contribution in [2.24, 2.45) is 0 Å². The Bertz CT molecular complexity index is 2100. The summed E-state index contributed by atoms with van der Waals surface area (Å²) in [7, 11) is 0. The lowest BCUT2D eigenvalue weighted by Crippen LogP contribution is -2.24. The molecule has 1 aliphatic heterocycles. The molecule has 45 heavy (non-hydrogen) atoms. The van der Waals surface area contributed by atoms with Gasteiger partial charge in [0, 0.05) is 9.99 Å². The van der Waals surface area contributed by atoms with Gasteiger partial charge in [0.1, 0.15) is 61.6 Å². The SMILES string of the molecule is Ic1ccc(CC2NOCc3coc(n3)-c3coc(n3)-c3coc(n3)C/C=C/c3coc(n3)-c3coc(n3)-c3coc2n3)cc1. The Labute approximate surface area is 266 Å². The van der Waals surface area contributed by atoms with Gasteiger partial charge in [-0.1, -0.05) is 18.2 Å². The molecule has 0 aliphatic carbocycles. The molecule has 0 fully saturated rings. The minimum absolute atomic E-state index is 0.0896. The fourth-order valence-electron chi connectivity index (χ4n) is 4.53. The zero-order chi connectivity index (χ0) is 30.2. The Morgan fingerprint density at radius 2 is 1.31 bits per heavy atom. The second-order valence-corrected chi connectivity index (χ2v) is 11.1. The van der Waals surface area contributed by atoms with Crippen molar-refractivity contribution < 1.29 is 31.3 Å². The van der Waals surface area contributed by atoms with E-state index >= 15 is 0 Å². The lowest BCUT2D eigenvalue weighted by molar-refractivity contribution is -0.00451. The van der Waals surface area contributed by atoms with Gasteiger partial charge in [0.25, 0.3) is 0 Å². The van der Waals surface area contributed by atoms with Crippen molar-refractivity contribution in [2.45, 2.75) is 25.5 Å². The van der Waals surface area contributed by atoms with Crippen LogP contribution in [0.2, 0.25) is 0 Å². The standard InChI is InChI=1S/C30H20IN7O7/c31-17-6-4-16(5-7-17)8-20-26-35-24(15-42-26)30-37-22(13-44-30)27-32-18(9-40-27)2-1-3-25-34-21(12-39-25)29-36-23(14-43-29)28-33-19(10-41-28)11-45-38-20/h1-2,4-7,9-10,12-15,20,38H,3,8,11H2/b2-1+. The molecular formula is C30H20IN7O7. The maximum Gasteiger partial charge on any atom is 0.249 e. The molecule has 1 unspecified atom stereocenters. The molecule has 0 spiro atoms. The highest BCUT2D eigenvalue weighted by molar-refractivity contribution is 14.1. The van der Waals surface area contributed by atoms with Crippen LogP contribution in [0.15, 0.2) is 94.4 Å². The van der Waals surface area contributed by atoms with Crippen LogP contribution in [0.4, 0.5) is 0 Å². The normalized spacial score (nSPS) is 15.8. The fraction of sp³-hybridized carbons (Fsp3) is 0.133. The minimum Gasteiger partial charge on any atom is -0.448 e. The van der Waals surface area contributed by atoms with Crippen LogP contribution in [-0.2, 0) is 24.3 Å². The molecule has 0 saturated heterocycles. The van der Waals surface area contributed by atoms with E-state index in [2.05, 4.69) is 58.0 Å². The van der Waals surface area contributed by atoms with Gasteiger partial charge in [-0.25, -0.2) is 29.9 Å². The number of oxazole rings is 6. The number of nitrogens with one attached hydrogen (secondary N) is 1. The first kappa shape index (κ1) is 27.4. The molecule has 15 heteroatoms. The van der Waals surface area contributed by atoms with Crippen LogP contribution in [0.5, 0.6) is 0 Å². The van der Waals surface area contributed by atoms with Crippen molar-refractivity contribution in [3.8, 4) is 46.3 Å². The predicted molar refractivity (Wildman–Crippen MR) is 161 cm³/mol. The molecule has 14 nitrogen and oxygen atoms in total. The maximum atomic E-state index is 5.87. The Morgan fingerprint density at radius 3 is 2.13 bits per heavy atom. The third-order valence-corrected chi connectivity index (χ3v) is 7.43. The summed E-state index contributed by atoms with van der Waals surface area (Å²) in [5, 5.41) is 0. The van der Waals surface area contributed by atoms with Crippen molar-refractivity contribution in [3.63, 3.8) is 0 Å². The van der Waals surface area contributed by atoms with Crippen molar-refractivity contribution >= 4 is 28.7 Å². The lowest BCUT2D eigenvalue weighted by Gasteiger charge is -2.15. The van der Waals surface area contributed by atoms with Crippen LogP contribution in [-0.4, -0.2) is 29.9 Å². The van der Waals surface area contributed by atoms with Crippen molar-refractivity contribution in [2.75, 3.05) is 0 Å². The first-order chi connectivity index (χ1) is 22.1. The summed E-state index contributed by atoms with van der Waals surface area (Å²) in [4.78, 5) is 32.9. The summed E-state index contributed by atoms with van der Waals surface area (Å²) in [6, 6.07) is 7.69. The third kappa shape index (κ3) is 5.87.